The van der Waals surface area contributed by atoms with Gasteiger partial charge in [-0.05, 0) is 103 Å². The molecule has 0 aliphatic carbocycles. The number of hydrogen-bond acceptors (Lipinski definition) is 5. The summed E-state index contributed by atoms with van der Waals surface area (Å²) in [7, 11) is 0. The van der Waals surface area contributed by atoms with E-state index in [-0.39, 0.29) is 31.6 Å². The van der Waals surface area contributed by atoms with Crippen molar-refractivity contribution in [3.8, 4) is 0 Å². The van der Waals surface area contributed by atoms with Gasteiger partial charge in [0.2, 0.25) is 0 Å². The highest BCUT2D eigenvalue weighted by atomic mass is 16.6. The normalized spacial score (nSPS) is 13.3. The van der Waals surface area contributed by atoms with Gasteiger partial charge in [0.1, 0.15) is 6.61 Å². The molecule has 0 amide bonds. The van der Waals surface area contributed by atoms with E-state index in [1.54, 1.807) is 0 Å². The Morgan fingerprint density at radius 2 is 0.603 bits per heavy atom. The molecule has 0 aliphatic heterocycles. The lowest BCUT2D eigenvalue weighted by Gasteiger charge is -2.15. The van der Waals surface area contributed by atoms with Gasteiger partial charge in [0.25, 0.3) is 0 Å². The number of aliphatic hydroxyl groups excluding tert-OH is 1. The van der Waals surface area contributed by atoms with Crippen molar-refractivity contribution in [3.63, 3.8) is 0 Å². The number of esters is 2. The number of rotatable bonds is 49. The van der Waals surface area contributed by atoms with Gasteiger partial charge in [0.05, 0.1) is 6.61 Å². The maximum atomic E-state index is 12.3. The largest absolute Gasteiger partial charge is 0.462 e. The molecule has 0 bridgehead atoms. The SMILES string of the molecule is CC/C=C\C/C=C\C/C=C\C/C=C\C/C=C\C/C=C\C/C=C\CCCC(=O)OC(CO)COC(=O)CCCCCCCCCCCCCCCCCCCC/C=C\C/C=C\C/C=C\C/C=C\CC. The lowest BCUT2D eigenvalue weighted by atomic mass is 10.0. The zero-order valence-corrected chi connectivity index (χ0v) is 43.8. The van der Waals surface area contributed by atoms with Crippen LogP contribution in [0.25, 0.3) is 0 Å². The van der Waals surface area contributed by atoms with Crippen molar-refractivity contribution in [2.45, 2.75) is 238 Å². The number of carbonyl (C=O) groups is 2. The van der Waals surface area contributed by atoms with Crippen LogP contribution < -0.4 is 0 Å². The van der Waals surface area contributed by atoms with Gasteiger partial charge in [0, 0.05) is 12.8 Å². The zero-order chi connectivity index (χ0) is 49.2. The number of unbranched alkanes of at least 4 members (excludes halogenated alkanes) is 19. The van der Waals surface area contributed by atoms with Gasteiger partial charge in [-0.1, -0.05) is 250 Å². The van der Waals surface area contributed by atoms with E-state index < -0.39 is 6.10 Å². The van der Waals surface area contributed by atoms with Crippen molar-refractivity contribution in [1.29, 1.82) is 0 Å². The first-order valence-electron chi connectivity index (χ1n) is 27.7. The van der Waals surface area contributed by atoms with Crippen LogP contribution in [-0.4, -0.2) is 36.4 Å². The smallest absolute Gasteiger partial charge is 0.306 e. The molecule has 0 saturated carbocycles. The van der Waals surface area contributed by atoms with Gasteiger partial charge in [-0.3, -0.25) is 9.59 Å². The minimum atomic E-state index is -0.812. The molecular formula is C63H102O5. The van der Waals surface area contributed by atoms with Gasteiger partial charge in [-0.15, -0.1) is 0 Å². The highest BCUT2D eigenvalue weighted by Gasteiger charge is 2.16. The molecule has 0 aliphatic rings. The van der Waals surface area contributed by atoms with Crippen LogP contribution in [0.2, 0.25) is 0 Å². The number of allylic oxidation sites excluding steroid dienone is 22. The summed E-state index contributed by atoms with van der Waals surface area (Å²) in [4.78, 5) is 24.5. The molecule has 0 heterocycles. The molecule has 1 atom stereocenters. The number of hydrogen-bond donors (Lipinski definition) is 1. The van der Waals surface area contributed by atoms with Crippen molar-refractivity contribution >= 4 is 11.9 Å². The molecule has 384 valence electrons. The molecule has 5 heteroatoms. The molecule has 0 radical (unpaired) electrons. The number of ether oxygens (including phenoxy) is 2. The van der Waals surface area contributed by atoms with E-state index in [9.17, 15) is 14.7 Å². The maximum Gasteiger partial charge on any atom is 0.306 e. The Bertz CT molecular complexity index is 1430. The minimum absolute atomic E-state index is 0.0957. The molecule has 1 N–H and O–H groups in total. The molecule has 0 aromatic carbocycles. The summed E-state index contributed by atoms with van der Waals surface area (Å²) in [6.45, 7) is 3.87. The average Bonchev–Trinajstić information content (AvgIpc) is 3.34. The lowest BCUT2D eigenvalue weighted by molar-refractivity contribution is -0.161. The van der Waals surface area contributed by atoms with Gasteiger partial charge < -0.3 is 14.6 Å². The van der Waals surface area contributed by atoms with Crippen molar-refractivity contribution in [2.75, 3.05) is 13.2 Å². The zero-order valence-electron chi connectivity index (χ0n) is 43.8. The molecule has 0 aromatic rings. The Balaban J connectivity index is 3.58. The van der Waals surface area contributed by atoms with Crippen LogP contribution in [0, 0.1) is 0 Å². The molecule has 5 nitrogen and oxygen atoms in total. The Morgan fingerprint density at radius 3 is 0.926 bits per heavy atom. The summed E-state index contributed by atoms with van der Waals surface area (Å²) in [6, 6.07) is 0. The summed E-state index contributed by atoms with van der Waals surface area (Å²) in [5, 5.41) is 9.64. The van der Waals surface area contributed by atoms with E-state index in [1.165, 1.54) is 103 Å². The van der Waals surface area contributed by atoms with Gasteiger partial charge in [-0.25, -0.2) is 0 Å². The van der Waals surface area contributed by atoms with Gasteiger partial charge >= 0.3 is 11.9 Å². The van der Waals surface area contributed by atoms with Crippen LogP contribution in [0.3, 0.4) is 0 Å². The fourth-order valence-electron chi connectivity index (χ4n) is 7.36. The predicted octanol–water partition coefficient (Wildman–Crippen LogP) is 18.9. The van der Waals surface area contributed by atoms with E-state index in [2.05, 4.69) is 148 Å². The van der Waals surface area contributed by atoms with E-state index >= 15 is 0 Å². The first-order valence-corrected chi connectivity index (χ1v) is 27.7. The van der Waals surface area contributed by atoms with Crippen LogP contribution in [0.15, 0.2) is 134 Å². The second-order valence-electron chi connectivity index (χ2n) is 17.9. The summed E-state index contributed by atoms with van der Waals surface area (Å²) in [5.74, 6) is -0.664. The molecule has 68 heavy (non-hydrogen) atoms. The van der Waals surface area contributed by atoms with Crippen molar-refractivity contribution < 1.29 is 24.2 Å². The molecule has 0 saturated heterocycles. The Hall–Kier alpha value is -3.96. The monoisotopic (exact) mass is 939 g/mol. The summed E-state index contributed by atoms with van der Waals surface area (Å²) < 4.78 is 10.7. The quantitative estimate of drug-likeness (QED) is 0.0374. The summed E-state index contributed by atoms with van der Waals surface area (Å²) >= 11 is 0. The van der Waals surface area contributed by atoms with Crippen LogP contribution in [0.4, 0.5) is 0 Å². The highest BCUT2D eigenvalue weighted by Crippen LogP contribution is 2.15. The standard InChI is InChI=1S/C63H102O5/c1-3-5-7-9-11-13-15-17-19-21-23-25-27-28-29-30-31-32-33-34-36-37-39-41-43-45-47-49-51-53-55-57-62(65)67-60-61(59-64)68-63(66)58-56-54-52-50-48-46-44-42-40-38-35-26-24-22-20-18-16-14-12-10-8-6-4-2/h5-8,11-14,17-20,23-26,38,40,44,46,50,52,61,64H,3-4,9-10,15-16,21-22,27-37,39,41-43,45,47-49,51,53-60H2,1-2H3/b7-5-,8-6-,13-11-,14-12-,19-17-,20-18-,25-23-,26-24-,40-38-,46-44-,52-50-. The van der Waals surface area contributed by atoms with Gasteiger partial charge in [0.15, 0.2) is 6.10 Å². The predicted molar refractivity (Wildman–Crippen MR) is 297 cm³/mol. The third kappa shape index (κ3) is 54.6. The fraction of sp³-hybridized carbons (Fsp3) is 0.619. The average molecular weight is 940 g/mol. The van der Waals surface area contributed by atoms with E-state index in [4.69, 9.17) is 9.47 Å². The van der Waals surface area contributed by atoms with Crippen molar-refractivity contribution in [1.82, 2.24) is 0 Å². The molecule has 0 fully saturated rings. The Morgan fingerprint density at radius 1 is 0.338 bits per heavy atom. The molecular weight excluding hydrogens is 837 g/mol. The van der Waals surface area contributed by atoms with E-state index in [0.717, 1.165) is 96.3 Å². The lowest BCUT2D eigenvalue weighted by Crippen LogP contribution is -2.28. The van der Waals surface area contributed by atoms with Crippen LogP contribution in [-0.2, 0) is 19.1 Å². The Kier molecular flexibility index (Phi) is 54.0. The molecule has 0 aromatic heterocycles. The molecule has 0 spiro atoms. The molecule has 1 unspecified atom stereocenters. The fourth-order valence-corrected chi connectivity index (χ4v) is 7.36. The van der Waals surface area contributed by atoms with Crippen LogP contribution >= 0.6 is 0 Å². The summed E-state index contributed by atoms with van der Waals surface area (Å²) in [6.07, 6.45) is 85.7. The Labute approximate surface area is 419 Å². The van der Waals surface area contributed by atoms with Crippen LogP contribution in [0.5, 0.6) is 0 Å². The second-order valence-corrected chi connectivity index (χ2v) is 17.9. The first-order chi connectivity index (χ1) is 33.6. The highest BCUT2D eigenvalue weighted by molar-refractivity contribution is 5.70. The van der Waals surface area contributed by atoms with Crippen molar-refractivity contribution in [3.05, 3.63) is 134 Å². The first kappa shape index (κ1) is 64.0. The molecule has 0 rings (SSSR count). The van der Waals surface area contributed by atoms with E-state index in [1.807, 2.05) is 0 Å². The third-order valence-electron chi connectivity index (χ3n) is 11.4. The topological polar surface area (TPSA) is 72.8 Å². The third-order valence-corrected chi connectivity index (χ3v) is 11.4. The summed E-state index contributed by atoms with van der Waals surface area (Å²) in [5.41, 5.74) is 0. The van der Waals surface area contributed by atoms with Gasteiger partial charge in [-0.2, -0.15) is 0 Å². The maximum absolute atomic E-state index is 12.3. The minimum Gasteiger partial charge on any atom is -0.462 e. The number of aliphatic hydroxyl groups is 1. The number of carbonyl (C=O) groups excluding carboxylic acids is 2. The van der Waals surface area contributed by atoms with Crippen molar-refractivity contribution in [2.24, 2.45) is 0 Å². The van der Waals surface area contributed by atoms with E-state index in [0.29, 0.717) is 12.8 Å². The van der Waals surface area contributed by atoms with Crippen LogP contribution in [0.1, 0.15) is 232 Å². The second kappa shape index (κ2) is 57.4.